The SMILES string of the molecule is N#CC1=C(N)O[C@]2(C(=O)c3cccc4cccc2c34)C2CCCC=C12. The lowest BCUT2D eigenvalue weighted by atomic mass is 9.68. The number of nitrogens with two attached hydrogens (primary N) is 1. The number of fused-ring (bicyclic) bond motifs is 3. The van der Waals surface area contributed by atoms with E-state index in [0.29, 0.717) is 11.1 Å². The lowest BCUT2D eigenvalue weighted by Crippen LogP contribution is -2.48. The maximum absolute atomic E-state index is 13.5. The molecule has 0 amide bonds. The molecule has 1 unspecified atom stereocenters. The second-order valence-corrected chi connectivity index (χ2v) is 6.87. The molecule has 0 bridgehead atoms. The molecule has 0 aromatic heterocycles. The van der Waals surface area contributed by atoms with Crippen LogP contribution in [0.1, 0.15) is 35.2 Å². The Labute approximate surface area is 145 Å². The Morgan fingerprint density at radius 3 is 2.84 bits per heavy atom. The predicted molar refractivity (Wildman–Crippen MR) is 93.3 cm³/mol. The van der Waals surface area contributed by atoms with E-state index in [1.54, 1.807) is 0 Å². The molecule has 4 heteroatoms. The Bertz CT molecular complexity index is 1050. The van der Waals surface area contributed by atoms with Gasteiger partial charge in [-0.15, -0.1) is 0 Å². The average molecular weight is 328 g/mol. The molecule has 2 atom stereocenters. The third-order valence-corrected chi connectivity index (χ3v) is 5.73. The van der Waals surface area contributed by atoms with Crippen molar-refractivity contribution >= 4 is 16.6 Å². The van der Waals surface area contributed by atoms with E-state index in [4.69, 9.17) is 10.5 Å². The van der Waals surface area contributed by atoms with Crippen LogP contribution in [0.5, 0.6) is 0 Å². The lowest BCUT2D eigenvalue weighted by Gasteiger charge is -2.43. The molecule has 0 radical (unpaired) electrons. The largest absolute Gasteiger partial charge is 0.458 e. The van der Waals surface area contributed by atoms with Crippen molar-refractivity contribution in [3.05, 3.63) is 70.6 Å². The van der Waals surface area contributed by atoms with Crippen molar-refractivity contribution in [1.29, 1.82) is 5.26 Å². The number of ether oxygens (including phenoxy) is 1. The summed E-state index contributed by atoms with van der Waals surface area (Å²) in [6, 6.07) is 13.9. The molecule has 1 aliphatic heterocycles. The first-order valence-electron chi connectivity index (χ1n) is 8.55. The van der Waals surface area contributed by atoms with Gasteiger partial charge in [0.1, 0.15) is 11.6 Å². The van der Waals surface area contributed by atoms with Gasteiger partial charge in [0.25, 0.3) is 0 Å². The second kappa shape index (κ2) is 4.73. The number of rotatable bonds is 0. The van der Waals surface area contributed by atoms with Gasteiger partial charge in [-0.3, -0.25) is 4.79 Å². The van der Waals surface area contributed by atoms with E-state index < -0.39 is 5.60 Å². The number of ketones is 1. The van der Waals surface area contributed by atoms with E-state index in [0.717, 1.165) is 41.2 Å². The van der Waals surface area contributed by atoms with Crippen molar-refractivity contribution in [3.8, 4) is 6.07 Å². The summed E-state index contributed by atoms with van der Waals surface area (Å²) in [5.74, 6) is -0.157. The molecule has 1 spiro atoms. The van der Waals surface area contributed by atoms with Crippen LogP contribution in [0.2, 0.25) is 0 Å². The number of allylic oxidation sites excluding steroid dienone is 2. The van der Waals surface area contributed by atoms with Gasteiger partial charge < -0.3 is 10.5 Å². The first-order chi connectivity index (χ1) is 12.2. The van der Waals surface area contributed by atoms with Crippen LogP contribution in [0.25, 0.3) is 10.8 Å². The molecule has 2 N–H and O–H groups in total. The Kier molecular flexibility index (Phi) is 2.71. The third-order valence-electron chi connectivity index (χ3n) is 5.73. The number of nitrogens with zero attached hydrogens (tertiary/aromatic N) is 1. The number of hydrogen-bond donors (Lipinski definition) is 1. The minimum absolute atomic E-state index is 0.0444. The van der Waals surface area contributed by atoms with Crippen molar-refractivity contribution in [1.82, 2.24) is 0 Å². The van der Waals surface area contributed by atoms with Gasteiger partial charge >= 0.3 is 0 Å². The van der Waals surface area contributed by atoms with Crippen LogP contribution in [0.3, 0.4) is 0 Å². The molecule has 122 valence electrons. The summed E-state index contributed by atoms with van der Waals surface area (Å²) in [5.41, 5.74) is 7.79. The lowest BCUT2D eigenvalue weighted by molar-refractivity contribution is -0.0305. The van der Waals surface area contributed by atoms with E-state index in [-0.39, 0.29) is 17.6 Å². The number of carbonyl (C=O) groups excluding carboxylic acids is 1. The highest BCUT2D eigenvalue weighted by Gasteiger charge is 2.59. The Morgan fingerprint density at radius 2 is 2.04 bits per heavy atom. The molecule has 2 aliphatic carbocycles. The minimum Gasteiger partial charge on any atom is -0.458 e. The minimum atomic E-state index is -1.14. The van der Waals surface area contributed by atoms with E-state index >= 15 is 0 Å². The highest BCUT2D eigenvalue weighted by atomic mass is 16.5. The highest BCUT2D eigenvalue weighted by molar-refractivity contribution is 6.20. The molecule has 0 saturated carbocycles. The fourth-order valence-electron chi connectivity index (χ4n) is 4.74. The van der Waals surface area contributed by atoms with Crippen LogP contribution in [0.4, 0.5) is 0 Å². The molecule has 2 aromatic rings. The van der Waals surface area contributed by atoms with Gasteiger partial charge in [-0.2, -0.15) is 5.26 Å². The fraction of sp³-hybridized carbons (Fsp3) is 0.238. The van der Waals surface area contributed by atoms with Crippen LogP contribution >= 0.6 is 0 Å². The van der Waals surface area contributed by atoms with Crippen molar-refractivity contribution in [2.45, 2.75) is 24.9 Å². The van der Waals surface area contributed by atoms with Crippen LogP contribution in [0.15, 0.2) is 59.5 Å². The number of carbonyl (C=O) groups is 1. The van der Waals surface area contributed by atoms with E-state index in [1.807, 2.05) is 36.4 Å². The van der Waals surface area contributed by atoms with Crippen molar-refractivity contribution in [2.24, 2.45) is 11.7 Å². The molecule has 5 rings (SSSR count). The van der Waals surface area contributed by atoms with Crippen LogP contribution in [-0.2, 0) is 10.3 Å². The van der Waals surface area contributed by atoms with Gasteiger partial charge in [-0.25, -0.2) is 0 Å². The second-order valence-electron chi connectivity index (χ2n) is 6.87. The summed E-state index contributed by atoms with van der Waals surface area (Å²) in [5, 5.41) is 11.5. The fourth-order valence-corrected chi connectivity index (χ4v) is 4.74. The predicted octanol–water partition coefficient (Wildman–Crippen LogP) is 3.68. The summed E-state index contributed by atoms with van der Waals surface area (Å²) in [6.07, 6.45) is 4.73. The van der Waals surface area contributed by atoms with Gasteiger partial charge in [0.15, 0.2) is 0 Å². The van der Waals surface area contributed by atoms with E-state index in [2.05, 4.69) is 12.1 Å². The topological polar surface area (TPSA) is 76.1 Å². The molecule has 2 aromatic carbocycles. The normalized spacial score (nSPS) is 27.1. The maximum Gasteiger partial charge on any atom is 0.212 e. The maximum atomic E-state index is 13.5. The van der Waals surface area contributed by atoms with Crippen LogP contribution in [0, 0.1) is 17.2 Å². The Morgan fingerprint density at radius 1 is 1.24 bits per heavy atom. The van der Waals surface area contributed by atoms with Gasteiger partial charge in [0, 0.05) is 22.4 Å². The highest BCUT2D eigenvalue weighted by Crippen LogP contribution is 2.56. The number of hydrogen-bond acceptors (Lipinski definition) is 4. The number of Topliss-reactive ketones (excluding diaryl/α,β-unsaturated/α-hetero) is 1. The number of benzene rings is 2. The first-order valence-corrected chi connectivity index (χ1v) is 8.55. The molecule has 4 nitrogen and oxygen atoms in total. The number of nitriles is 1. The molecule has 3 aliphatic rings. The molecule has 1 heterocycles. The molecular weight excluding hydrogens is 312 g/mol. The molecular formula is C21H16N2O2. The third kappa shape index (κ3) is 1.58. The van der Waals surface area contributed by atoms with Crippen molar-refractivity contribution < 1.29 is 9.53 Å². The van der Waals surface area contributed by atoms with Gasteiger partial charge in [0.2, 0.25) is 17.3 Å². The Balaban J connectivity index is 1.87. The quantitative estimate of drug-likeness (QED) is 0.800. The monoisotopic (exact) mass is 328 g/mol. The van der Waals surface area contributed by atoms with Crippen molar-refractivity contribution in [3.63, 3.8) is 0 Å². The van der Waals surface area contributed by atoms with E-state index in [1.165, 1.54) is 0 Å². The van der Waals surface area contributed by atoms with Gasteiger partial charge in [-0.1, -0.05) is 42.5 Å². The summed E-state index contributed by atoms with van der Waals surface area (Å²) < 4.78 is 6.14. The molecule has 0 fully saturated rings. The van der Waals surface area contributed by atoms with Gasteiger partial charge in [0.05, 0.1) is 0 Å². The first kappa shape index (κ1) is 14.3. The average Bonchev–Trinajstić information content (AvgIpc) is 2.88. The summed E-state index contributed by atoms with van der Waals surface area (Å²) >= 11 is 0. The van der Waals surface area contributed by atoms with Crippen LogP contribution < -0.4 is 5.73 Å². The van der Waals surface area contributed by atoms with Crippen LogP contribution in [-0.4, -0.2) is 5.78 Å². The molecule has 0 saturated heterocycles. The zero-order chi connectivity index (χ0) is 17.2. The zero-order valence-corrected chi connectivity index (χ0v) is 13.6. The van der Waals surface area contributed by atoms with E-state index in [9.17, 15) is 10.1 Å². The summed E-state index contributed by atoms with van der Waals surface area (Å²) in [4.78, 5) is 13.5. The smallest absolute Gasteiger partial charge is 0.212 e. The summed E-state index contributed by atoms with van der Waals surface area (Å²) in [7, 11) is 0. The van der Waals surface area contributed by atoms with Crippen molar-refractivity contribution in [2.75, 3.05) is 0 Å². The van der Waals surface area contributed by atoms with Gasteiger partial charge in [-0.05, 0) is 30.2 Å². The zero-order valence-electron chi connectivity index (χ0n) is 13.6. The standard InChI is InChI=1S/C21H16N2O2/c22-11-15-13-7-1-2-9-16(13)21(25-20(15)23)17-10-4-6-12-5-3-8-14(18(12)17)19(21)24/h3-8,10,16H,1-2,9,23H2/t16?,21-/m1/s1. The Hall–Kier alpha value is -3.06. The summed E-state index contributed by atoms with van der Waals surface area (Å²) in [6.45, 7) is 0. The molecule has 25 heavy (non-hydrogen) atoms.